The molecular weight excluding hydrogens is 368 g/mol. The molecule has 4 rings (SSSR count). The first kappa shape index (κ1) is 18.7. The molecule has 0 aliphatic carbocycles. The van der Waals surface area contributed by atoms with Crippen LogP contribution in [0.1, 0.15) is 11.1 Å². The molecule has 0 saturated carbocycles. The lowest BCUT2D eigenvalue weighted by molar-refractivity contribution is -0.142. The Morgan fingerprint density at radius 3 is 2.38 bits per heavy atom. The number of benzene rings is 2. The van der Waals surface area contributed by atoms with Crippen LogP contribution < -0.4 is 11.1 Å². The van der Waals surface area contributed by atoms with Gasteiger partial charge in [-0.2, -0.15) is 0 Å². The first-order chi connectivity index (χ1) is 13.9. The molecule has 7 heteroatoms. The summed E-state index contributed by atoms with van der Waals surface area (Å²) in [6.45, 7) is 0. The number of carbonyl (C=O) groups is 3. The predicted octanol–water partition coefficient (Wildman–Crippen LogP) is 1.35. The van der Waals surface area contributed by atoms with Crippen LogP contribution in [0, 0.1) is 17.8 Å². The largest absolute Gasteiger partial charge is 0.327 e. The van der Waals surface area contributed by atoms with Gasteiger partial charge in [0.05, 0.1) is 6.17 Å². The van der Waals surface area contributed by atoms with Gasteiger partial charge in [-0.15, -0.1) is 0 Å². The Morgan fingerprint density at radius 2 is 1.66 bits per heavy atom. The van der Waals surface area contributed by atoms with Crippen molar-refractivity contribution in [3.8, 4) is 11.8 Å². The molecule has 2 aromatic rings. The average Bonchev–Trinajstić information content (AvgIpc) is 3.02. The molecule has 2 aliphatic heterocycles. The molecule has 0 radical (unpaired) electrons. The molecule has 4 amide bonds. The van der Waals surface area contributed by atoms with Crippen molar-refractivity contribution in [3.63, 3.8) is 0 Å². The zero-order valence-corrected chi connectivity index (χ0v) is 16.0. The summed E-state index contributed by atoms with van der Waals surface area (Å²) in [6.07, 6.45) is -1.01. The van der Waals surface area contributed by atoms with Gasteiger partial charge in [0.15, 0.2) is 5.41 Å². The Kier molecular flexibility index (Phi) is 4.36. The lowest BCUT2D eigenvalue weighted by Gasteiger charge is -2.44. The Morgan fingerprint density at radius 1 is 1.00 bits per heavy atom. The van der Waals surface area contributed by atoms with Crippen molar-refractivity contribution in [2.75, 3.05) is 19.4 Å². The van der Waals surface area contributed by atoms with E-state index in [2.05, 4.69) is 17.2 Å². The maximum Gasteiger partial charge on any atom is 0.327 e. The van der Waals surface area contributed by atoms with Gasteiger partial charge >= 0.3 is 6.03 Å². The number of hydrogen-bond donors (Lipinski definition) is 2. The number of urea groups is 1. The number of nitrogens with zero attached hydrogens (tertiary/aromatic N) is 2. The molecule has 0 spiro atoms. The number of carbonyl (C=O) groups excluding carboxylic acids is 3. The molecule has 7 nitrogen and oxygen atoms in total. The van der Waals surface area contributed by atoms with E-state index in [0.717, 1.165) is 4.90 Å². The highest BCUT2D eigenvalue weighted by Gasteiger charge is 2.60. The van der Waals surface area contributed by atoms with Crippen molar-refractivity contribution < 1.29 is 14.4 Å². The fourth-order valence-corrected chi connectivity index (χ4v) is 3.96. The summed E-state index contributed by atoms with van der Waals surface area (Å²) in [6, 6.07) is 15.8. The average molecular weight is 388 g/mol. The quantitative estimate of drug-likeness (QED) is 0.721. The minimum atomic E-state index is -1.52. The van der Waals surface area contributed by atoms with Gasteiger partial charge in [-0.25, -0.2) is 4.79 Å². The van der Waals surface area contributed by atoms with E-state index in [1.165, 1.54) is 19.0 Å². The summed E-state index contributed by atoms with van der Waals surface area (Å²) >= 11 is 0. The number of hydrogen-bond acceptors (Lipinski definition) is 4. The van der Waals surface area contributed by atoms with Gasteiger partial charge in [0.1, 0.15) is 5.92 Å². The highest BCUT2D eigenvalue weighted by atomic mass is 16.2. The number of nitrogens with one attached hydrogen (secondary N) is 1. The Labute approximate surface area is 168 Å². The second kappa shape index (κ2) is 6.76. The third kappa shape index (κ3) is 2.69. The number of anilines is 1. The van der Waals surface area contributed by atoms with E-state index in [9.17, 15) is 14.4 Å². The monoisotopic (exact) mass is 388 g/mol. The summed E-state index contributed by atoms with van der Waals surface area (Å²) in [4.78, 5) is 41.1. The number of nitrogens with two attached hydrogens (primary N) is 1. The predicted molar refractivity (Wildman–Crippen MR) is 107 cm³/mol. The summed E-state index contributed by atoms with van der Waals surface area (Å²) in [7, 11) is 2.90. The van der Waals surface area contributed by atoms with E-state index in [1.54, 1.807) is 24.3 Å². The minimum Gasteiger partial charge on any atom is -0.324 e. The van der Waals surface area contributed by atoms with Crippen molar-refractivity contribution in [2.45, 2.75) is 11.6 Å². The van der Waals surface area contributed by atoms with E-state index in [0.29, 0.717) is 16.8 Å². The van der Waals surface area contributed by atoms with Crippen LogP contribution in [-0.4, -0.2) is 47.9 Å². The minimum absolute atomic E-state index is 0.424. The van der Waals surface area contributed by atoms with Crippen molar-refractivity contribution in [1.29, 1.82) is 0 Å². The number of imide groups is 1. The summed E-state index contributed by atoms with van der Waals surface area (Å²) in [5.41, 5.74) is 6.68. The lowest BCUT2D eigenvalue weighted by atomic mass is 9.68. The summed E-state index contributed by atoms with van der Waals surface area (Å²) < 4.78 is 0. The van der Waals surface area contributed by atoms with Crippen LogP contribution in [0.2, 0.25) is 0 Å². The van der Waals surface area contributed by atoms with Gasteiger partial charge in [0.2, 0.25) is 11.8 Å². The second-order valence-electron chi connectivity index (χ2n) is 7.18. The standard InChI is InChI=1S/C22H20N4O3/c1-25-18(23)17(19(27)26(2)21(25)29)22(13-12-14-8-4-3-5-9-14)15-10-6-7-11-16(15)24-20(22)28/h3-11,17-18H,23H2,1-2H3,(H,24,28). The maximum absolute atomic E-state index is 13.3. The molecule has 2 aromatic carbocycles. The van der Waals surface area contributed by atoms with E-state index < -0.39 is 35.3 Å². The molecule has 29 heavy (non-hydrogen) atoms. The number of rotatable bonds is 1. The van der Waals surface area contributed by atoms with Crippen LogP contribution in [0.3, 0.4) is 0 Å². The molecule has 146 valence electrons. The topological polar surface area (TPSA) is 95.7 Å². The highest BCUT2D eigenvalue weighted by Crippen LogP contribution is 2.45. The Bertz CT molecular complexity index is 1070. The third-order valence-corrected chi connectivity index (χ3v) is 5.58. The SMILES string of the molecule is CN1C(=O)C(C2(C#Cc3ccccc3)C(=O)Nc3ccccc32)C(N)N(C)C1=O. The van der Waals surface area contributed by atoms with Crippen LogP contribution in [0.25, 0.3) is 0 Å². The van der Waals surface area contributed by atoms with Crippen LogP contribution >= 0.6 is 0 Å². The molecule has 1 saturated heterocycles. The van der Waals surface area contributed by atoms with Gasteiger partial charge < -0.3 is 16.0 Å². The van der Waals surface area contributed by atoms with Gasteiger partial charge in [-0.1, -0.05) is 48.2 Å². The Balaban J connectivity index is 1.96. The lowest BCUT2D eigenvalue weighted by Crippen LogP contribution is -2.68. The smallest absolute Gasteiger partial charge is 0.324 e. The first-order valence-electron chi connectivity index (χ1n) is 9.17. The molecule has 1 fully saturated rings. The molecule has 3 N–H and O–H groups in total. The molecule has 0 aromatic heterocycles. The number of fused-ring (bicyclic) bond motifs is 1. The Hall–Kier alpha value is -3.63. The molecule has 2 heterocycles. The molecule has 0 bridgehead atoms. The van der Waals surface area contributed by atoms with Crippen LogP contribution in [0.4, 0.5) is 10.5 Å². The van der Waals surface area contributed by atoms with Crippen LogP contribution in [0.15, 0.2) is 54.6 Å². The molecule has 2 aliphatic rings. The van der Waals surface area contributed by atoms with Gasteiger partial charge in [0.25, 0.3) is 0 Å². The van der Waals surface area contributed by atoms with Crippen LogP contribution in [0.5, 0.6) is 0 Å². The van der Waals surface area contributed by atoms with E-state index in [-0.39, 0.29) is 0 Å². The van der Waals surface area contributed by atoms with Crippen molar-refractivity contribution in [3.05, 3.63) is 65.7 Å². The first-order valence-corrected chi connectivity index (χ1v) is 9.17. The maximum atomic E-state index is 13.3. The van der Waals surface area contributed by atoms with Gasteiger partial charge in [-0.05, 0) is 18.2 Å². The molecule has 3 unspecified atom stereocenters. The normalized spacial score (nSPS) is 26.0. The zero-order valence-electron chi connectivity index (χ0n) is 16.0. The summed E-state index contributed by atoms with van der Waals surface area (Å²) in [5.74, 6) is 4.10. The molecule has 3 atom stereocenters. The van der Waals surface area contributed by atoms with Crippen LogP contribution in [-0.2, 0) is 15.0 Å². The van der Waals surface area contributed by atoms with E-state index >= 15 is 0 Å². The highest BCUT2D eigenvalue weighted by molar-refractivity contribution is 6.13. The fraction of sp³-hybridized carbons (Fsp3) is 0.227. The van der Waals surface area contributed by atoms with Crippen molar-refractivity contribution >= 4 is 23.5 Å². The van der Waals surface area contributed by atoms with Crippen molar-refractivity contribution in [2.24, 2.45) is 11.7 Å². The zero-order chi connectivity index (χ0) is 20.8. The second-order valence-corrected chi connectivity index (χ2v) is 7.18. The van der Waals surface area contributed by atoms with Crippen molar-refractivity contribution in [1.82, 2.24) is 9.80 Å². The summed E-state index contributed by atoms with van der Waals surface area (Å²) in [5, 5.41) is 2.83. The van der Waals surface area contributed by atoms with E-state index in [1.807, 2.05) is 30.3 Å². The fourth-order valence-electron chi connectivity index (χ4n) is 3.96. The molecular formula is C22H20N4O3. The van der Waals surface area contributed by atoms with E-state index in [4.69, 9.17) is 5.73 Å². The van der Waals surface area contributed by atoms with Gasteiger partial charge in [-0.3, -0.25) is 14.5 Å². The third-order valence-electron chi connectivity index (χ3n) is 5.58. The number of amides is 4. The number of para-hydroxylation sites is 1. The van der Waals surface area contributed by atoms with Gasteiger partial charge in [0, 0.05) is 30.9 Å².